The molecule has 32 heavy (non-hydrogen) atoms. The highest BCUT2D eigenvalue weighted by atomic mass is 35.5. The number of benzene rings is 1. The van der Waals surface area contributed by atoms with Crippen molar-refractivity contribution in [2.75, 3.05) is 0 Å². The van der Waals surface area contributed by atoms with E-state index in [1.54, 1.807) is 18.2 Å². The molecule has 0 aliphatic heterocycles. The third kappa shape index (κ3) is 3.47. The Bertz CT molecular complexity index is 1320. The molecule has 0 bridgehead atoms. The lowest BCUT2D eigenvalue weighted by atomic mass is 9.50. The van der Waals surface area contributed by atoms with Crippen LogP contribution in [0.2, 0.25) is 5.02 Å². The van der Waals surface area contributed by atoms with Gasteiger partial charge in [0.25, 0.3) is 5.91 Å². The van der Waals surface area contributed by atoms with Crippen molar-refractivity contribution in [2.45, 2.75) is 48.2 Å². The average Bonchev–Trinajstić information content (AvgIpc) is 3.28. The zero-order valence-electron chi connectivity index (χ0n) is 16.3. The van der Waals surface area contributed by atoms with Gasteiger partial charge in [0, 0.05) is 17.0 Å². The van der Waals surface area contributed by atoms with E-state index >= 15 is 0 Å². The van der Waals surface area contributed by atoms with Gasteiger partial charge >= 0.3 is 15.3 Å². The maximum absolute atomic E-state index is 12.6. The van der Waals surface area contributed by atoms with Crippen LogP contribution in [0.3, 0.4) is 0 Å². The fraction of sp³-hybridized carbons (Fsp3) is 0.400. The summed E-state index contributed by atoms with van der Waals surface area (Å²) in [4.78, 5) is 16.8. The molecule has 0 unspecified atom stereocenters. The zero-order valence-corrected chi connectivity index (χ0v) is 17.9. The van der Waals surface area contributed by atoms with E-state index in [-0.39, 0.29) is 17.4 Å². The lowest BCUT2D eigenvalue weighted by Crippen LogP contribution is -2.55. The van der Waals surface area contributed by atoms with Crippen molar-refractivity contribution in [2.24, 2.45) is 5.41 Å². The van der Waals surface area contributed by atoms with Crippen molar-refractivity contribution < 1.29 is 35.2 Å². The number of nitrogens with zero attached hydrogens (tertiary/aromatic N) is 1. The second-order valence-electron chi connectivity index (χ2n) is 8.42. The van der Waals surface area contributed by atoms with E-state index in [9.17, 15) is 26.4 Å². The minimum atomic E-state index is -5.64. The highest BCUT2D eigenvalue weighted by Crippen LogP contribution is 2.61. The number of hydrogen-bond acceptors (Lipinski definition) is 6. The second kappa shape index (κ2) is 6.98. The Morgan fingerprint density at radius 1 is 1.12 bits per heavy atom. The van der Waals surface area contributed by atoms with Crippen molar-refractivity contribution >= 4 is 38.4 Å². The van der Waals surface area contributed by atoms with E-state index in [4.69, 9.17) is 16.0 Å². The first-order valence-electron chi connectivity index (χ1n) is 9.74. The fourth-order valence-corrected chi connectivity index (χ4v) is 5.47. The minimum absolute atomic E-state index is 0.0643. The number of rotatable bonds is 4. The number of oxazole rings is 1. The van der Waals surface area contributed by atoms with Gasteiger partial charge in [0.1, 0.15) is 5.52 Å². The third-order valence-corrected chi connectivity index (χ3v) is 7.74. The maximum Gasteiger partial charge on any atom is 0.504 e. The first-order valence-corrected chi connectivity index (χ1v) is 11.6. The van der Waals surface area contributed by atoms with Crippen LogP contribution in [0.4, 0.5) is 13.2 Å². The van der Waals surface area contributed by atoms with Crippen LogP contribution in [0.25, 0.3) is 11.1 Å². The molecule has 0 radical (unpaired) electrons. The van der Waals surface area contributed by atoms with Crippen LogP contribution in [0.5, 0.6) is 0 Å². The van der Waals surface area contributed by atoms with Crippen LogP contribution in [0.1, 0.15) is 48.0 Å². The van der Waals surface area contributed by atoms with Crippen molar-refractivity contribution in [1.29, 1.82) is 0 Å². The summed E-state index contributed by atoms with van der Waals surface area (Å²) in [7, 11) is -5.64. The van der Waals surface area contributed by atoms with Crippen LogP contribution >= 0.6 is 11.6 Å². The van der Waals surface area contributed by atoms with Gasteiger partial charge in [0.15, 0.2) is 17.2 Å². The third-order valence-electron chi connectivity index (χ3n) is 6.14. The Kier molecular flexibility index (Phi) is 4.65. The molecule has 7 nitrogen and oxygen atoms in total. The quantitative estimate of drug-likeness (QED) is 0.564. The predicted octanol–water partition coefficient (Wildman–Crippen LogP) is 4.82. The molecule has 1 N–H and O–H groups in total. The lowest BCUT2D eigenvalue weighted by molar-refractivity contribution is -0.0447. The van der Waals surface area contributed by atoms with E-state index in [0.717, 1.165) is 18.9 Å². The monoisotopic (exact) mass is 488 g/mol. The SMILES string of the molecule is O=C(NC1CC2(C1)CC(c1nc3cc(Cl)ccc3o1)C2)c1ccc(S(=O)(=O)C(F)(F)F)o1. The number of carbonyl (C=O) groups is 1. The molecule has 12 heteroatoms. The molecule has 2 saturated carbocycles. The van der Waals surface area contributed by atoms with Crippen molar-refractivity contribution in [3.63, 3.8) is 0 Å². The summed E-state index contributed by atoms with van der Waals surface area (Å²) in [6, 6.07) is 6.63. The summed E-state index contributed by atoms with van der Waals surface area (Å²) in [5.41, 5.74) is -4.05. The lowest BCUT2D eigenvalue weighted by Gasteiger charge is -2.57. The Balaban J connectivity index is 1.16. The molecular formula is C20H16ClF3N2O5S. The molecule has 0 saturated heterocycles. The summed E-state index contributed by atoms with van der Waals surface area (Å²) in [5.74, 6) is -0.391. The number of halogens is 4. The number of alkyl halides is 3. The van der Waals surface area contributed by atoms with E-state index < -0.39 is 32.1 Å². The van der Waals surface area contributed by atoms with Crippen LogP contribution in [0, 0.1) is 5.41 Å². The number of nitrogens with one attached hydrogen (secondary N) is 1. The predicted molar refractivity (Wildman–Crippen MR) is 106 cm³/mol. The largest absolute Gasteiger partial charge is 0.504 e. The number of carbonyl (C=O) groups excluding carboxylic acids is 1. The Labute approximate surface area is 184 Å². The Hall–Kier alpha value is -2.53. The Morgan fingerprint density at radius 3 is 2.53 bits per heavy atom. The van der Waals surface area contributed by atoms with Crippen LogP contribution in [-0.4, -0.2) is 30.9 Å². The molecule has 2 fully saturated rings. The molecule has 1 amide bonds. The molecule has 0 atom stereocenters. The van der Waals surface area contributed by atoms with Gasteiger partial charge in [-0.1, -0.05) is 11.6 Å². The topological polar surface area (TPSA) is 102 Å². The second-order valence-corrected chi connectivity index (χ2v) is 10.7. The first-order chi connectivity index (χ1) is 15.0. The van der Waals surface area contributed by atoms with Gasteiger partial charge in [-0.05, 0) is 61.4 Å². The van der Waals surface area contributed by atoms with Crippen LogP contribution < -0.4 is 5.32 Å². The highest BCUT2D eigenvalue weighted by molar-refractivity contribution is 7.92. The smallest absolute Gasteiger partial charge is 0.440 e. The van der Waals surface area contributed by atoms with E-state index in [1.165, 1.54) is 0 Å². The molecule has 2 aromatic heterocycles. The van der Waals surface area contributed by atoms with Crippen molar-refractivity contribution in [1.82, 2.24) is 10.3 Å². The first kappa shape index (κ1) is 21.3. The maximum atomic E-state index is 12.6. The molecule has 2 heterocycles. The minimum Gasteiger partial charge on any atom is -0.440 e. The molecule has 1 spiro atoms. The standard InChI is InChI=1S/C20H16ClF3N2O5S/c21-11-1-2-14-13(5-11)26-18(31-14)10-6-19(7-10)8-12(9-19)25-17(27)15-3-4-16(30-15)32(28,29)20(22,23)24/h1-5,10,12H,6-9H2,(H,25,27). The number of amides is 1. The molecule has 170 valence electrons. The van der Waals surface area contributed by atoms with Crippen molar-refractivity contribution in [3.8, 4) is 0 Å². The zero-order chi connectivity index (χ0) is 22.9. The number of aromatic nitrogens is 1. The van der Waals surface area contributed by atoms with Gasteiger partial charge in [-0.3, -0.25) is 4.79 Å². The van der Waals surface area contributed by atoms with E-state index in [2.05, 4.69) is 14.7 Å². The summed E-state index contributed by atoms with van der Waals surface area (Å²) in [5, 5.41) is 1.96. The number of furan rings is 1. The number of hydrogen-bond donors (Lipinski definition) is 1. The summed E-state index contributed by atoms with van der Waals surface area (Å²) < 4.78 is 71.0. The van der Waals surface area contributed by atoms with Gasteiger partial charge in [-0.15, -0.1) is 0 Å². The van der Waals surface area contributed by atoms with Crippen LogP contribution in [-0.2, 0) is 9.84 Å². The number of fused-ring (bicyclic) bond motifs is 1. The van der Waals surface area contributed by atoms with E-state index in [0.29, 0.717) is 40.9 Å². The molecule has 5 rings (SSSR count). The molecular weight excluding hydrogens is 473 g/mol. The molecule has 1 aromatic carbocycles. The normalized spacial score (nSPS) is 25.5. The summed E-state index contributed by atoms with van der Waals surface area (Å²) >= 11 is 5.97. The van der Waals surface area contributed by atoms with Crippen molar-refractivity contribution in [3.05, 3.63) is 47.0 Å². The van der Waals surface area contributed by atoms with Crippen LogP contribution in [0.15, 0.2) is 44.3 Å². The van der Waals surface area contributed by atoms with Gasteiger partial charge in [0.2, 0.25) is 5.09 Å². The van der Waals surface area contributed by atoms with Gasteiger partial charge in [-0.2, -0.15) is 13.2 Å². The molecule has 2 aliphatic carbocycles. The average molecular weight is 489 g/mol. The number of sulfone groups is 1. The van der Waals surface area contributed by atoms with Gasteiger partial charge < -0.3 is 14.2 Å². The van der Waals surface area contributed by atoms with E-state index in [1.807, 2.05) is 0 Å². The highest BCUT2D eigenvalue weighted by Gasteiger charge is 2.55. The molecule has 2 aliphatic rings. The fourth-order valence-electron chi connectivity index (χ4n) is 4.63. The van der Waals surface area contributed by atoms with Gasteiger partial charge in [-0.25, -0.2) is 13.4 Å². The summed E-state index contributed by atoms with van der Waals surface area (Å²) in [6.07, 6.45) is 3.12. The van der Waals surface area contributed by atoms with Gasteiger partial charge in [0.05, 0.1) is 0 Å². The summed E-state index contributed by atoms with van der Waals surface area (Å²) in [6.45, 7) is 0. The Morgan fingerprint density at radius 2 is 1.84 bits per heavy atom. The molecule has 3 aromatic rings.